The van der Waals surface area contributed by atoms with Gasteiger partial charge in [0.2, 0.25) is 11.8 Å². The number of nitrogens with one attached hydrogen (secondary N) is 1. The van der Waals surface area contributed by atoms with Gasteiger partial charge in [-0.2, -0.15) is 0 Å². The van der Waals surface area contributed by atoms with Crippen molar-refractivity contribution >= 4 is 11.8 Å². The lowest BCUT2D eigenvalue weighted by molar-refractivity contribution is -0.137. The highest BCUT2D eigenvalue weighted by molar-refractivity contribution is 5.83. The molecule has 0 atom stereocenters. The third-order valence-corrected chi connectivity index (χ3v) is 4.52. The van der Waals surface area contributed by atoms with Crippen LogP contribution in [0.15, 0.2) is 18.2 Å². The number of piperidine rings is 1. The number of rotatable bonds is 5. The quantitative estimate of drug-likeness (QED) is 0.847. The molecule has 0 spiro atoms. The van der Waals surface area contributed by atoms with Gasteiger partial charge in [-0.05, 0) is 49.9 Å². The standard InChI is InChI=1S/C18H26N2O4/c1-13-4-5-16(10-14(13)2)24-12-18(23)6-8-20(9-7-18)17(22)11-19-15(3)21/h4-5,10,23H,6-9,11-12H2,1-3H3,(H,19,21). The summed E-state index contributed by atoms with van der Waals surface area (Å²) < 4.78 is 5.75. The molecule has 0 aromatic heterocycles. The van der Waals surface area contributed by atoms with Crippen LogP contribution in [0.5, 0.6) is 5.75 Å². The number of nitrogens with zero attached hydrogens (tertiary/aromatic N) is 1. The van der Waals surface area contributed by atoms with Crippen molar-refractivity contribution < 1.29 is 19.4 Å². The summed E-state index contributed by atoms with van der Waals surface area (Å²) in [5, 5.41) is 13.1. The summed E-state index contributed by atoms with van der Waals surface area (Å²) in [6.07, 6.45) is 0.924. The topological polar surface area (TPSA) is 78.9 Å². The SMILES string of the molecule is CC(=O)NCC(=O)N1CCC(O)(COc2ccc(C)c(C)c2)CC1. The highest BCUT2D eigenvalue weighted by Gasteiger charge is 2.34. The first-order valence-electron chi connectivity index (χ1n) is 8.24. The van der Waals surface area contributed by atoms with E-state index in [0.29, 0.717) is 25.9 Å². The van der Waals surface area contributed by atoms with Crippen LogP contribution in [0.2, 0.25) is 0 Å². The van der Waals surface area contributed by atoms with Crippen LogP contribution in [0.1, 0.15) is 30.9 Å². The average Bonchev–Trinajstić information content (AvgIpc) is 2.54. The van der Waals surface area contributed by atoms with Crippen molar-refractivity contribution in [1.29, 1.82) is 0 Å². The van der Waals surface area contributed by atoms with Crippen molar-refractivity contribution in [3.8, 4) is 5.75 Å². The molecular formula is C18H26N2O4. The van der Waals surface area contributed by atoms with Gasteiger partial charge in [-0.25, -0.2) is 0 Å². The van der Waals surface area contributed by atoms with Crippen molar-refractivity contribution in [3.63, 3.8) is 0 Å². The second-order valence-electron chi connectivity index (χ2n) is 6.55. The molecule has 0 saturated carbocycles. The number of carbonyl (C=O) groups excluding carboxylic acids is 2. The molecule has 132 valence electrons. The van der Waals surface area contributed by atoms with E-state index < -0.39 is 5.60 Å². The first-order chi connectivity index (χ1) is 11.3. The van der Waals surface area contributed by atoms with E-state index in [0.717, 1.165) is 11.3 Å². The average molecular weight is 334 g/mol. The van der Waals surface area contributed by atoms with Crippen LogP contribution in [0.3, 0.4) is 0 Å². The molecule has 1 saturated heterocycles. The summed E-state index contributed by atoms with van der Waals surface area (Å²) in [6.45, 7) is 6.59. The molecule has 0 unspecified atom stereocenters. The Balaban J connectivity index is 1.82. The maximum atomic E-state index is 12.0. The molecule has 0 bridgehead atoms. The Hall–Kier alpha value is -2.08. The molecule has 2 amide bonds. The van der Waals surface area contributed by atoms with Crippen LogP contribution in [0.4, 0.5) is 0 Å². The lowest BCUT2D eigenvalue weighted by Crippen LogP contribution is -2.51. The van der Waals surface area contributed by atoms with Crippen molar-refractivity contribution in [2.45, 2.75) is 39.2 Å². The van der Waals surface area contributed by atoms with Crippen molar-refractivity contribution in [1.82, 2.24) is 10.2 Å². The molecule has 6 nitrogen and oxygen atoms in total. The van der Waals surface area contributed by atoms with Gasteiger partial charge in [0, 0.05) is 20.0 Å². The Morgan fingerprint density at radius 3 is 2.50 bits per heavy atom. The minimum absolute atomic E-state index is 0.00685. The van der Waals surface area contributed by atoms with Crippen LogP contribution in [-0.2, 0) is 9.59 Å². The van der Waals surface area contributed by atoms with Crippen LogP contribution >= 0.6 is 0 Å². The van der Waals surface area contributed by atoms with Crippen molar-refractivity contribution in [2.24, 2.45) is 0 Å². The summed E-state index contributed by atoms with van der Waals surface area (Å²) in [4.78, 5) is 24.5. The molecule has 0 radical (unpaired) electrons. The smallest absolute Gasteiger partial charge is 0.241 e. The van der Waals surface area contributed by atoms with Crippen LogP contribution in [-0.4, -0.2) is 53.7 Å². The van der Waals surface area contributed by atoms with E-state index in [1.54, 1.807) is 4.90 Å². The second-order valence-corrected chi connectivity index (χ2v) is 6.55. The summed E-state index contributed by atoms with van der Waals surface area (Å²) in [6, 6.07) is 5.86. The minimum Gasteiger partial charge on any atom is -0.491 e. The van der Waals surface area contributed by atoms with Gasteiger partial charge < -0.3 is 20.1 Å². The van der Waals surface area contributed by atoms with E-state index >= 15 is 0 Å². The molecule has 2 N–H and O–H groups in total. The van der Waals surface area contributed by atoms with E-state index in [1.165, 1.54) is 12.5 Å². The summed E-state index contributed by atoms with van der Waals surface area (Å²) in [5.74, 6) is 0.400. The van der Waals surface area contributed by atoms with E-state index in [4.69, 9.17) is 4.74 Å². The Bertz CT molecular complexity index is 607. The maximum absolute atomic E-state index is 12.0. The van der Waals surface area contributed by atoms with Gasteiger partial charge >= 0.3 is 0 Å². The molecular weight excluding hydrogens is 308 g/mol. The summed E-state index contributed by atoms with van der Waals surface area (Å²) in [7, 11) is 0. The number of aliphatic hydroxyl groups is 1. The number of hydrogen-bond acceptors (Lipinski definition) is 4. The van der Waals surface area contributed by atoms with Crippen LogP contribution in [0, 0.1) is 13.8 Å². The minimum atomic E-state index is -0.927. The fourth-order valence-electron chi connectivity index (χ4n) is 2.65. The fraction of sp³-hybridized carbons (Fsp3) is 0.556. The molecule has 1 aliphatic heterocycles. The predicted octanol–water partition coefficient (Wildman–Crippen LogP) is 1.17. The third-order valence-electron chi connectivity index (χ3n) is 4.52. The lowest BCUT2D eigenvalue weighted by Gasteiger charge is -2.38. The van der Waals surface area contributed by atoms with Gasteiger partial charge in [0.1, 0.15) is 18.0 Å². The number of benzene rings is 1. The van der Waals surface area contributed by atoms with E-state index in [2.05, 4.69) is 5.32 Å². The van der Waals surface area contributed by atoms with E-state index in [-0.39, 0.29) is 25.0 Å². The zero-order chi connectivity index (χ0) is 17.7. The number of amides is 2. The van der Waals surface area contributed by atoms with Crippen LogP contribution in [0.25, 0.3) is 0 Å². The lowest BCUT2D eigenvalue weighted by atomic mass is 9.92. The van der Waals surface area contributed by atoms with Gasteiger partial charge in [-0.15, -0.1) is 0 Å². The Morgan fingerprint density at radius 2 is 1.92 bits per heavy atom. The number of ether oxygens (including phenoxy) is 1. The number of carbonyl (C=O) groups is 2. The predicted molar refractivity (Wildman–Crippen MR) is 90.9 cm³/mol. The van der Waals surface area contributed by atoms with Crippen molar-refractivity contribution in [2.75, 3.05) is 26.2 Å². The summed E-state index contributed by atoms with van der Waals surface area (Å²) in [5.41, 5.74) is 1.42. The normalized spacial score (nSPS) is 16.6. The first kappa shape index (κ1) is 18.3. The fourth-order valence-corrected chi connectivity index (χ4v) is 2.65. The van der Waals surface area contributed by atoms with Gasteiger partial charge in [0.05, 0.1) is 6.54 Å². The zero-order valence-corrected chi connectivity index (χ0v) is 14.6. The number of hydrogen-bond donors (Lipinski definition) is 2. The zero-order valence-electron chi connectivity index (χ0n) is 14.6. The van der Waals surface area contributed by atoms with Gasteiger partial charge in [0.15, 0.2) is 0 Å². The molecule has 1 aliphatic rings. The second kappa shape index (κ2) is 7.66. The van der Waals surface area contributed by atoms with Gasteiger partial charge in [-0.3, -0.25) is 9.59 Å². The largest absolute Gasteiger partial charge is 0.491 e. The Morgan fingerprint density at radius 1 is 1.25 bits per heavy atom. The monoisotopic (exact) mass is 334 g/mol. The highest BCUT2D eigenvalue weighted by Crippen LogP contribution is 2.24. The molecule has 1 aromatic rings. The Labute approximate surface area is 142 Å². The van der Waals surface area contributed by atoms with Gasteiger partial charge in [0.25, 0.3) is 0 Å². The van der Waals surface area contributed by atoms with Gasteiger partial charge in [-0.1, -0.05) is 6.07 Å². The molecule has 6 heteroatoms. The molecule has 0 aliphatic carbocycles. The first-order valence-corrected chi connectivity index (χ1v) is 8.24. The van der Waals surface area contributed by atoms with E-state index in [9.17, 15) is 14.7 Å². The van der Waals surface area contributed by atoms with Crippen molar-refractivity contribution in [3.05, 3.63) is 29.3 Å². The molecule has 1 fully saturated rings. The Kier molecular flexibility index (Phi) is 5.83. The third kappa shape index (κ3) is 4.96. The molecule has 1 aromatic carbocycles. The number of aryl methyl sites for hydroxylation is 2. The number of likely N-dealkylation sites (tertiary alicyclic amines) is 1. The van der Waals surface area contributed by atoms with Crippen LogP contribution < -0.4 is 10.1 Å². The van der Waals surface area contributed by atoms with E-state index in [1.807, 2.05) is 32.0 Å². The molecule has 2 rings (SSSR count). The molecule has 1 heterocycles. The maximum Gasteiger partial charge on any atom is 0.241 e. The highest BCUT2D eigenvalue weighted by atomic mass is 16.5. The molecule has 24 heavy (non-hydrogen) atoms. The summed E-state index contributed by atoms with van der Waals surface area (Å²) >= 11 is 0.